The number of hydrogen-bond donors (Lipinski definition) is 0. The molecule has 19 heavy (non-hydrogen) atoms. The van der Waals surface area contributed by atoms with E-state index in [9.17, 15) is 4.79 Å². The van der Waals surface area contributed by atoms with Crippen molar-refractivity contribution in [2.45, 2.75) is 45.1 Å². The van der Waals surface area contributed by atoms with Crippen molar-refractivity contribution in [1.82, 2.24) is 4.90 Å². The average Bonchev–Trinajstić information content (AvgIpc) is 2.47. The van der Waals surface area contributed by atoms with Gasteiger partial charge >= 0.3 is 0 Å². The maximum atomic E-state index is 12.6. The Bertz CT molecular complexity index is 413. The van der Waals surface area contributed by atoms with E-state index in [0.717, 1.165) is 43.1 Å². The van der Waals surface area contributed by atoms with E-state index in [1.165, 1.54) is 12.0 Å². The van der Waals surface area contributed by atoms with Crippen LogP contribution in [0.15, 0.2) is 24.3 Å². The largest absolute Gasteiger partial charge is 0.336 e. The molecule has 3 heteroatoms. The Hall–Kier alpha value is -0.830. The highest BCUT2D eigenvalue weighted by Crippen LogP contribution is 2.22. The topological polar surface area (TPSA) is 20.3 Å². The van der Waals surface area contributed by atoms with Gasteiger partial charge in [-0.2, -0.15) is 0 Å². The second kappa shape index (κ2) is 7.09. The molecule has 2 rings (SSSR count). The summed E-state index contributed by atoms with van der Waals surface area (Å²) in [5.74, 6) is 0.202. The lowest BCUT2D eigenvalue weighted by Gasteiger charge is -2.35. The Labute approximate surface area is 124 Å². The first kappa shape index (κ1) is 14.6. The van der Waals surface area contributed by atoms with Crippen LogP contribution >= 0.6 is 15.9 Å². The van der Waals surface area contributed by atoms with Crippen LogP contribution in [0.4, 0.5) is 0 Å². The number of carbonyl (C=O) groups is 1. The highest BCUT2D eigenvalue weighted by molar-refractivity contribution is 9.09. The molecule has 0 saturated carbocycles. The number of nitrogens with zero attached hydrogens (tertiary/aromatic N) is 1. The third-order valence-electron chi connectivity index (χ3n) is 3.94. The van der Waals surface area contributed by atoms with Crippen LogP contribution in [-0.2, 0) is 6.42 Å². The SMILES string of the molecule is CCc1ccc(C(=O)N2CCCCC2CCBr)cc1. The number of amides is 1. The summed E-state index contributed by atoms with van der Waals surface area (Å²) >= 11 is 3.50. The second-order valence-electron chi connectivity index (χ2n) is 5.18. The van der Waals surface area contributed by atoms with Gasteiger partial charge in [-0.25, -0.2) is 0 Å². The molecule has 0 aliphatic carbocycles. The van der Waals surface area contributed by atoms with Crippen LogP contribution < -0.4 is 0 Å². The van der Waals surface area contributed by atoms with Gasteiger partial charge in [-0.1, -0.05) is 35.0 Å². The lowest BCUT2D eigenvalue weighted by Crippen LogP contribution is -2.43. The van der Waals surface area contributed by atoms with E-state index in [2.05, 4.69) is 39.9 Å². The summed E-state index contributed by atoms with van der Waals surface area (Å²) in [6.07, 6.45) is 5.60. The zero-order chi connectivity index (χ0) is 13.7. The molecule has 0 bridgehead atoms. The summed E-state index contributed by atoms with van der Waals surface area (Å²) in [4.78, 5) is 14.7. The number of piperidine rings is 1. The van der Waals surface area contributed by atoms with Gasteiger partial charge in [-0.15, -0.1) is 0 Å². The molecule has 0 radical (unpaired) electrons. The van der Waals surface area contributed by atoms with Crippen LogP contribution in [0.2, 0.25) is 0 Å². The zero-order valence-electron chi connectivity index (χ0n) is 11.6. The van der Waals surface area contributed by atoms with Crippen LogP contribution in [0.25, 0.3) is 0 Å². The van der Waals surface area contributed by atoms with E-state index in [1.54, 1.807) is 0 Å². The number of aryl methyl sites for hydroxylation is 1. The predicted molar refractivity (Wildman–Crippen MR) is 82.9 cm³/mol. The van der Waals surface area contributed by atoms with Gasteiger partial charge in [-0.3, -0.25) is 4.79 Å². The lowest BCUT2D eigenvalue weighted by molar-refractivity contribution is 0.0610. The molecule has 1 aliphatic rings. The molecule has 1 aromatic carbocycles. The number of hydrogen-bond acceptors (Lipinski definition) is 1. The van der Waals surface area contributed by atoms with Crippen molar-refractivity contribution in [3.05, 3.63) is 35.4 Å². The number of halogens is 1. The van der Waals surface area contributed by atoms with Crippen molar-refractivity contribution >= 4 is 21.8 Å². The molecule has 1 aliphatic heterocycles. The van der Waals surface area contributed by atoms with E-state index in [-0.39, 0.29) is 5.91 Å². The molecule has 0 spiro atoms. The number of rotatable bonds is 4. The van der Waals surface area contributed by atoms with E-state index in [0.29, 0.717) is 6.04 Å². The summed E-state index contributed by atoms with van der Waals surface area (Å²) in [6.45, 7) is 3.04. The summed E-state index contributed by atoms with van der Waals surface area (Å²) < 4.78 is 0. The third-order valence-corrected chi connectivity index (χ3v) is 4.40. The third kappa shape index (κ3) is 3.59. The molecular weight excluding hydrogens is 302 g/mol. The van der Waals surface area contributed by atoms with Crippen LogP contribution in [0.3, 0.4) is 0 Å². The van der Waals surface area contributed by atoms with E-state index < -0.39 is 0 Å². The van der Waals surface area contributed by atoms with Crippen molar-refractivity contribution in [3.63, 3.8) is 0 Å². The Balaban J connectivity index is 2.11. The molecular formula is C16H22BrNO. The highest BCUT2D eigenvalue weighted by atomic mass is 79.9. The fraction of sp³-hybridized carbons (Fsp3) is 0.562. The van der Waals surface area contributed by atoms with Crippen molar-refractivity contribution in [3.8, 4) is 0 Å². The molecule has 1 amide bonds. The molecule has 1 saturated heterocycles. The van der Waals surface area contributed by atoms with Crippen LogP contribution in [0.1, 0.15) is 48.5 Å². The van der Waals surface area contributed by atoms with Gasteiger partial charge in [-0.05, 0) is 49.8 Å². The minimum absolute atomic E-state index is 0.202. The Morgan fingerprint density at radius 2 is 2.05 bits per heavy atom. The molecule has 0 aromatic heterocycles. The molecule has 2 nitrogen and oxygen atoms in total. The minimum atomic E-state index is 0.202. The van der Waals surface area contributed by atoms with E-state index >= 15 is 0 Å². The number of alkyl halides is 1. The van der Waals surface area contributed by atoms with Gasteiger partial charge < -0.3 is 4.90 Å². The predicted octanol–water partition coefficient (Wildman–Crippen LogP) is 4.03. The number of benzene rings is 1. The fourth-order valence-electron chi connectivity index (χ4n) is 2.74. The first-order valence-corrected chi connectivity index (χ1v) is 8.34. The molecule has 1 fully saturated rings. The lowest BCUT2D eigenvalue weighted by atomic mass is 9.98. The first-order chi connectivity index (χ1) is 9.26. The van der Waals surface area contributed by atoms with Crippen molar-refractivity contribution in [1.29, 1.82) is 0 Å². The summed E-state index contributed by atoms with van der Waals surface area (Å²) in [5.41, 5.74) is 2.12. The van der Waals surface area contributed by atoms with E-state index in [4.69, 9.17) is 0 Å². The van der Waals surface area contributed by atoms with Gasteiger partial charge in [0.1, 0.15) is 0 Å². The average molecular weight is 324 g/mol. The standard InChI is InChI=1S/C16H22BrNO/c1-2-13-6-8-14(9-7-13)16(19)18-12-4-3-5-15(18)10-11-17/h6-9,15H,2-5,10-12H2,1H3. The summed E-state index contributed by atoms with van der Waals surface area (Å²) in [6, 6.07) is 8.49. The van der Waals surface area contributed by atoms with Crippen molar-refractivity contribution in [2.24, 2.45) is 0 Å². The van der Waals surface area contributed by atoms with Gasteiger partial charge in [0.2, 0.25) is 0 Å². The molecule has 0 N–H and O–H groups in total. The van der Waals surface area contributed by atoms with Gasteiger partial charge in [0.15, 0.2) is 0 Å². The van der Waals surface area contributed by atoms with Gasteiger partial charge in [0.05, 0.1) is 0 Å². The first-order valence-electron chi connectivity index (χ1n) is 7.22. The number of carbonyl (C=O) groups excluding carboxylic acids is 1. The molecule has 1 unspecified atom stereocenters. The summed E-state index contributed by atoms with van der Waals surface area (Å²) in [5, 5.41) is 0.968. The molecule has 1 aromatic rings. The van der Waals surface area contributed by atoms with Crippen molar-refractivity contribution < 1.29 is 4.79 Å². The fourth-order valence-corrected chi connectivity index (χ4v) is 3.27. The quantitative estimate of drug-likeness (QED) is 0.766. The summed E-state index contributed by atoms with van der Waals surface area (Å²) in [7, 11) is 0. The molecule has 1 heterocycles. The Kier molecular flexibility index (Phi) is 5.44. The van der Waals surface area contributed by atoms with Crippen LogP contribution in [0, 0.1) is 0 Å². The minimum Gasteiger partial charge on any atom is -0.336 e. The number of likely N-dealkylation sites (tertiary alicyclic amines) is 1. The maximum Gasteiger partial charge on any atom is 0.254 e. The van der Waals surface area contributed by atoms with Crippen LogP contribution in [0.5, 0.6) is 0 Å². The molecule has 1 atom stereocenters. The van der Waals surface area contributed by atoms with Gasteiger partial charge in [0, 0.05) is 23.5 Å². The zero-order valence-corrected chi connectivity index (χ0v) is 13.2. The van der Waals surface area contributed by atoms with Crippen molar-refractivity contribution in [2.75, 3.05) is 11.9 Å². The smallest absolute Gasteiger partial charge is 0.254 e. The highest BCUT2D eigenvalue weighted by Gasteiger charge is 2.26. The second-order valence-corrected chi connectivity index (χ2v) is 5.97. The van der Waals surface area contributed by atoms with Crippen LogP contribution in [-0.4, -0.2) is 28.7 Å². The molecule has 104 valence electrons. The monoisotopic (exact) mass is 323 g/mol. The maximum absolute atomic E-state index is 12.6. The normalized spacial score (nSPS) is 19.5. The van der Waals surface area contributed by atoms with E-state index in [1.807, 2.05) is 12.1 Å². The Morgan fingerprint density at radius 3 is 2.68 bits per heavy atom. The Morgan fingerprint density at radius 1 is 1.32 bits per heavy atom. The van der Waals surface area contributed by atoms with Gasteiger partial charge in [0.25, 0.3) is 5.91 Å².